The fraction of sp³-hybridized carbons (Fsp3) is 0.500. The minimum Gasteiger partial charge on any atom is -0.345 e. The van der Waals surface area contributed by atoms with Crippen molar-refractivity contribution in [1.29, 1.82) is 0 Å². The fourth-order valence-electron chi connectivity index (χ4n) is 4.89. The molecule has 4 rings (SSSR count). The molecule has 0 aromatic heterocycles. The van der Waals surface area contributed by atoms with Crippen LogP contribution in [0, 0.1) is 6.92 Å². The summed E-state index contributed by atoms with van der Waals surface area (Å²) < 4.78 is 27.8. The van der Waals surface area contributed by atoms with E-state index in [2.05, 4.69) is 30.4 Å². The van der Waals surface area contributed by atoms with Gasteiger partial charge in [0.25, 0.3) is 5.91 Å². The van der Waals surface area contributed by atoms with Crippen LogP contribution in [0.15, 0.2) is 41.3 Å². The Bertz CT molecular complexity index is 1090. The summed E-state index contributed by atoms with van der Waals surface area (Å²) in [6.45, 7) is 5.02. The van der Waals surface area contributed by atoms with Gasteiger partial charge in [-0.3, -0.25) is 4.79 Å². The molecule has 1 aliphatic carbocycles. The third-order valence-corrected chi connectivity index (χ3v) is 8.79. The quantitative estimate of drug-likeness (QED) is 0.673. The zero-order valence-corrected chi connectivity index (χ0v) is 20.0. The van der Waals surface area contributed by atoms with E-state index in [0.29, 0.717) is 18.7 Å². The number of piperidine rings is 1. The minimum absolute atomic E-state index is 0.100. The molecule has 1 heterocycles. The highest BCUT2D eigenvalue weighted by Gasteiger charge is 2.27. The van der Waals surface area contributed by atoms with Crippen LogP contribution < -0.4 is 5.32 Å². The predicted molar refractivity (Wildman–Crippen MR) is 127 cm³/mol. The van der Waals surface area contributed by atoms with E-state index in [1.54, 1.807) is 22.5 Å². The summed E-state index contributed by atoms with van der Waals surface area (Å²) in [5.74, 6) is -0.220. The molecule has 2 aromatic rings. The average molecular weight is 455 g/mol. The summed E-state index contributed by atoms with van der Waals surface area (Å²) in [7, 11) is -3.58. The predicted octanol–water partition coefficient (Wildman–Crippen LogP) is 4.93. The lowest BCUT2D eigenvalue weighted by Gasteiger charge is -2.26. The van der Waals surface area contributed by atoms with Crippen molar-refractivity contribution >= 4 is 15.9 Å². The summed E-state index contributed by atoms with van der Waals surface area (Å²) in [4.78, 5) is 13.4. The molecular weight excluding hydrogens is 420 g/mol. The van der Waals surface area contributed by atoms with Gasteiger partial charge in [0.15, 0.2) is 0 Å². The highest BCUT2D eigenvalue weighted by atomic mass is 32.2. The first-order valence-corrected chi connectivity index (χ1v) is 13.4. The van der Waals surface area contributed by atoms with E-state index >= 15 is 0 Å². The van der Waals surface area contributed by atoms with Gasteiger partial charge >= 0.3 is 0 Å². The molecule has 172 valence electrons. The second-order valence-electron chi connectivity index (χ2n) is 9.11. The molecule has 1 unspecified atom stereocenters. The number of benzene rings is 2. The van der Waals surface area contributed by atoms with Crippen molar-refractivity contribution in [3.63, 3.8) is 0 Å². The van der Waals surface area contributed by atoms with Gasteiger partial charge in [-0.1, -0.05) is 37.6 Å². The van der Waals surface area contributed by atoms with Crippen molar-refractivity contribution < 1.29 is 13.2 Å². The number of rotatable bonds is 6. The third-order valence-electron chi connectivity index (χ3n) is 6.89. The Labute approximate surface area is 192 Å². The van der Waals surface area contributed by atoms with Gasteiger partial charge in [-0.05, 0) is 86.3 Å². The van der Waals surface area contributed by atoms with Crippen molar-refractivity contribution in [3.05, 3.63) is 64.2 Å². The van der Waals surface area contributed by atoms with E-state index in [9.17, 15) is 13.2 Å². The summed E-state index contributed by atoms with van der Waals surface area (Å²) in [6, 6.07) is 11.4. The first kappa shape index (κ1) is 23.0. The topological polar surface area (TPSA) is 66.5 Å². The Hall–Kier alpha value is -2.18. The van der Waals surface area contributed by atoms with Crippen LogP contribution in [0.2, 0.25) is 0 Å². The molecule has 0 spiro atoms. The monoisotopic (exact) mass is 454 g/mol. The fourth-order valence-corrected chi connectivity index (χ4v) is 6.43. The maximum absolute atomic E-state index is 13.2. The molecule has 2 aromatic carbocycles. The maximum atomic E-state index is 13.2. The number of fused-ring (bicyclic) bond motifs is 1. The molecule has 32 heavy (non-hydrogen) atoms. The first-order valence-electron chi connectivity index (χ1n) is 11.9. The Balaban J connectivity index is 1.56. The molecule has 1 N–H and O–H groups in total. The first-order chi connectivity index (χ1) is 15.4. The summed E-state index contributed by atoms with van der Waals surface area (Å²) >= 11 is 0. The van der Waals surface area contributed by atoms with Gasteiger partial charge in [0, 0.05) is 18.7 Å². The molecule has 0 radical (unpaired) electrons. The molecule has 1 aliphatic heterocycles. The molecule has 1 saturated heterocycles. The lowest BCUT2D eigenvalue weighted by molar-refractivity contribution is 0.0934. The highest BCUT2D eigenvalue weighted by Crippen LogP contribution is 2.27. The van der Waals surface area contributed by atoms with Crippen LogP contribution in [0.4, 0.5) is 0 Å². The van der Waals surface area contributed by atoms with Gasteiger partial charge in [-0.25, -0.2) is 8.42 Å². The van der Waals surface area contributed by atoms with Gasteiger partial charge in [-0.15, -0.1) is 0 Å². The zero-order valence-electron chi connectivity index (χ0n) is 19.2. The van der Waals surface area contributed by atoms with Gasteiger partial charge in [-0.2, -0.15) is 4.31 Å². The third kappa shape index (κ3) is 4.76. The smallest absolute Gasteiger partial charge is 0.252 e. The molecule has 1 fully saturated rings. The second-order valence-corrected chi connectivity index (χ2v) is 11.0. The minimum atomic E-state index is -3.58. The van der Waals surface area contributed by atoms with Crippen LogP contribution in [0.5, 0.6) is 0 Å². The van der Waals surface area contributed by atoms with Gasteiger partial charge in [0.1, 0.15) is 0 Å². The molecule has 0 saturated carbocycles. The Morgan fingerprint density at radius 3 is 2.41 bits per heavy atom. The summed E-state index contributed by atoms with van der Waals surface area (Å²) in [5.41, 5.74) is 5.15. The van der Waals surface area contributed by atoms with E-state index in [4.69, 9.17) is 0 Å². The number of hydrogen-bond acceptors (Lipinski definition) is 3. The lowest BCUT2D eigenvalue weighted by atomic mass is 9.88. The van der Waals surface area contributed by atoms with Crippen LogP contribution >= 0.6 is 0 Å². The maximum Gasteiger partial charge on any atom is 0.252 e. The van der Waals surface area contributed by atoms with Crippen molar-refractivity contribution in [3.8, 4) is 0 Å². The second kappa shape index (κ2) is 9.75. The van der Waals surface area contributed by atoms with Gasteiger partial charge in [0.05, 0.1) is 10.9 Å². The lowest BCUT2D eigenvalue weighted by Crippen LogP contribution is -2.36. The number of amides is 1. The number of sulfonamides is 1. The SMILES string of the molecule is CCC(NC(=O)c1cc(S(=O)(=O)N2CCCCC2)ccc1C)c1ccc2c(c1)CCCC2. The van der Waals surface area contributed by atoms with E-state index in [1.165, 1.54) is 24.0 Å². The van der Waals surface area contributed by atoms with Crippen molar-refractivity contribution in [1.82, 2.24) is 9.62 Å². The van der Waals surface area contributed by atoms with Crippen molar-refractivity contribution in [2.75, 3.05) is 13.1 Å². The number of hydrogen-bond donors (Lipinski definition) is 1. The standard InChI is InChI=1S/C26H34N2O3S/c1-3-25(22-13-12-20-9-5-6-10-21(20)17-22)27-26(29)24-18-23(14-11-19(24)2)32(30,31)28-15-7-4-8-16-28/h11-14,17-18,25H,3-10,15-16H2,1-2H3,(H,27,29). The summed E-state index contributed by atoms with van der Waals surface area (Å²) in [6.07, 6.45) is 8.31. The number of aryl methyl sites for hydroxylation is 3. The van der Waals surface area contributed by atoms with Crippen LogP contribution in [-0.2, 0) is 22.9 Å². The van der Waals surface area contributed by atoms with Gasteiger partial charge < -0.3 is 5.32 Å². The van der Waals surface area contributed by atoms with Crippen molar-refractivity contribution in [2.24, 2.45) is 0 Å². The van der Waals surface area contributed by atoms with E-state index in [-0.39, 0.29) is 16.8 Å². The highest BCUT2D eigenvalue weighted by molar-refractivity contribution is 7.89. The largest absolute Gasteiger partial charge is 0.345 e. The van der Waals surface area contributed by atoms with Crippen LogP contribution in [0.25, 0.3) is 0 Å². The van der Waals surface area contributed by atoms with Gasteiger partial charge in [0.2, 0.25) is 10.0 Å². The zero-order chi connectivity index (χ0) is 22.7. The molecule has 2 aliphatic rings. The van der Waals surface area contributed by atoms with E-state index in [0.717, 1.165) is 49.7 Å². The molecule has 1 atom stereocenters. The van der Waals surface area contributed by atoms with Crippen molar-refractivity contribution in [2.45, 2.75) is 76.2 Å². The number of carbonyl (C=O) groups excluding carboxylic acids is 1. The number of nitrogens with one attached hydrogen (secondary N) is 1. The Morgan fingerprint density at radius 2 is 1.69 bits per heavy atom. The normalized spacial score (nSPS) is 18.1. The Morgan fingerprint density at radius 1 is 0.969 bits per heavy atom. The Kier molecular flexibility index (Phi) is 7.01. The molecule has 5 nitrogen and oxygen atoms in total. The summed E-state index contributed by atoms with van der Waals surface area (Å²) in [5, 5.41) is 3.16. The van der Waals surface area contributed by atoms with Crippen LogP contribution in [-0.4, -0.2) is 31.7 Å². The van der Waals surface area contributed by atoms with Crippen LogP contribution in [0.1, 0.15) is 84.1 Å². The van der Waals surface area contributed by atoms with E-state index in [1.807, 2.05) is 6.92 Å². The number of nitrogens with zero attached hydrogens (tertiary/aromatic N) is 1. The average Bonchev–Trinajstić information content (AvgIpc) is 2.82. The van der Waals surface area contributed by atoms with E-state index < -0.39 is 10.0 Å². The van der Waals surface area contributed by atoms with Crippen LogP contribution in [0.3, 0.4) is 0 Å². The molecule has 0 bridgehead atoms. The molecule has 1 amide bonds. The molecular formula is C26H34N2O3S. The molecule has 6 heteroatoms. The number of carbonyl (C=O) groups is 1.